The number of amides is 1. The van der Waals surface area contributed by atoms with E-state index in [-0.39, 0.29) is 16.9 Å². The van der Waals surface area contributed by atoms with Gasteiger partial charge >= 0.3 is 0 Å². The molecular formula is C22H23ClN4O3S. The number of pyridine rings is 1. The molecule has 1 amide bonds. The van der Waals surface area contributed by atoms with Crippen molar-refractivity contribution in [2.24, 2.45) is 5.73 Å². The number of aromatic nitrogens is 2. The molecule has 3 heterocycles. The summed E-state index contributed by atoms with van der Waals surface area (Å²) in [6.07, 6.45) is 1.58. The number of thioether (sulfide) groups is 1. The fourth-order valence-electron chi connectivity index (χ4n) is 3.35. The van der Waals surface area contributed by atoms with E-state index in [1.165, 1.54) is 16.3 Å². The molecule has 1 aromatic carbocycles. The molecule has 2 aromatic heterocycles. The van der Waals surface area contributed by atoms with Crippen LogP contribution in [0.2, 0.25) is 5.02 Å². The van der Waals surface area contributed by atoms with Crippen LogP contribution in [0.25, 0.3) is 0 Å². The van der Waals surface area contributed by atoms with Crippen LogP contribution in [0.3, 0.4) is 0 Å². The average molecular weight is 459 g/mol. The highest BCUT2D eigenvalue weighted by Crippen LogP contribution is 2.37. The number of hydrogen-bond donors (Lipinski definition) is 2. The van der Waals surface area contributed by atoms with Gasteiger partial charge in [0.25, 0.3) is 11.5 Å². The lowest BCUT2D eigenvalue weighted by molar-refractivity contribution is 0.102. The average Bonchev–Trinajstić information content (AvgIpc) is 3.33. The van der Waals surface area contributed by atoms with Gasteiger partial charge in [-0.3, -0.25) is 9.59 Å². The molecule has 162 valence electrons. The van der Waals surface area contributed by atoms with Crippen molar-refractivity contribution in [3.8, 4) is 0 Å². The zero-order chi connectivity index (χ0) is 22.3. The Kier molecular flexibility index (Phi) is 5.72. The lowest BCUT2D eigenvalue weighted by Gasteiger charge is -2.14. The number of carbonyl (C=O) groups excluding carboxylic acids is 1. The summed E-state index contributed by atoms with van der Waals surface area (Å²) >= 11 is 7.38. The Labute approximate surface area is 188 Å². The van der Waals surface area contributed by atoms with E-state index in [4.69, 9.17) is 21.9 Å². The van der Waals surface area contributed by atoms with Gasteiger partial charge in [0.05, 0.1) is 12.1 Å². The van der Waals surface area contributed by atoms with Crippen LogP contribution in [-0.4, -0.2) is 21.4 Å². The second kappa shape index (κ2) is 8.18. The molecular weight excluding hydrogens is 436 g/mol. The number of fused-ring (bicyclic) bond motifs is 1. The maximum absolute atomic E-state index is 13.1. The molecule has 0 saturated heterocycles. The minimum absolute atomic E-state index is 0.185. The van der Waals surface area contributed by atoms with Crippen molar-refractivity contribution in [3.63, 3.8) is 0 Å². The number of hydrogen-bond acceptors (Lipinski definition) is 6. The van der Waals surface area contributed by atoms with Gasteiger partial charge in [-0.05, 0) is 17.7 Å². The van der Waals surface area contributed by atoms with Crippen molar-refractivity contribution in [1.29, 1.82) is 0 Å². The zero-order valence-corrected chi connectivity index (χ0v) is 19.0. The van der Waals surface area contributed by atoms with Crippen LogP contribution in [0.4, 0.5) is 5.82 Å². The molecule has 0 fully saturated rings. The summed E-state index contributed by atoms with van der Waals surface area (Å²) in [6, 6.07) is 8.51. The van der Waals surface area contributed by atoms with E-state index < -0.39 is 6.04 Å². The molecule has 3 aromatic rings. The van der Waals surface area contributed by atoms with Crippen molar-refractivity contribution in [1.82, 2.24) is 9.72 Å². The third-order valence-corrected chi connectivity index (χ3v) is 6.55. The van der Waals surface area contributed by atoms with Crippen LogP contribution in [0.15, 0.2) is 50.7 Å². The number of nitrogens with zero attached hydrogens (tertiary/aromatic N) is 2. The predicted molar refractivity (Wildman–Crippen MR) is 122 cm³/mol. The van der Waals surface area contributed by atoms with Crippen molar-refractivity contribution >= 4 is 35.1 Å². The van der Waals surface area contributed by atoms with E-state index in [0.29, 0.717) is 44.9 Å². The molecule has 0 bridgehead atoms. The second-order valence-corrected chi connectivity index (χ2v) is 10.0. The summed E-state index contributed by atoms with van der Waals surface area (Å²) in [6.45, 7) is 6.29. The Hall–Kier alpha value is -2.55. The lowest BCUT2D eigenvalue weighted by Crippen LogP contribution is -2.30. The Balaban J connectivity index is 1.69. The van der Waals surface area contributed by atoms with Crippen molar-refractivity contribution in [2.75, 3.05) is 11.1 Å². The number of halogens is 1. The highest BCUT2D eigenvalue weighted by molar-refractivity contribution is 7.99. The maximum atomic E-state index is 13.1. The fourth-order valence-corrected chi connectivity index (χ4v) is 4.68. The molecule has 7 nitrogen and oxygen atoms in total. The van der Waals surface area contributed by atoms with Gasteiger partial charge in [0.1, 0.15) is 5.76 Å². The molecule has 4 rings (SSSR count). The van der Waals surface area contributed by atoms with Crippen LogP contribution in [0, 0.1) is 0 Å². The summed E-state index contributed by atoms with van der Waals surface area (Å²) in [5.41, 5.74) is 7.53. The molecule has 0 aliphatic carbocycles. The van der Waals surface area contributed by atoms with Gasteiger partial charge in [-0.15, -0.1) is 11.8 Å². The number of carbonyl (C=O) groups is 1. The monoisotopic (exact) mass is 458 g/mol. The standard InChI is InChI=1S/C22H23ClN4O3S/c1-22(2,3)16-8-17(26-30-16)25-20(28)14-10-27(9-12-4-6-13(23)7-5-12)21(29)18-15(24)11-31-19(14)18/h4-8,10,15H,9,11,24H2,1-3H3,(H,25,26,28)/t15-/m0/s1. The van der Waals surface area contributed by atoms with E-state index in [1.54, 1.807) is 24.4 Å². The van der Waals surface area contributed by atoms with Crippen molar-refractivity contribution < 1.29 is 9.32 Å². The topological polar surface area (TPSA) is 103 Å². The van der Waals surface area contributed by atoms with E-state index >= 15 is 0 Å². The van der Waals surface area contributed by atoms with Gasteiger partial charge in [-0.1, -0.05) is 49.7 Å². The molecule has 1 atom stereocenters. The van der Waals surface area contributed by atoms with Gasteiger partial charge in [-0.25, -0.2) is 0 Å². The number of anilines is 1. The van der Waals surface area contributed by atoms with Gasteiger partial charge < -0.3 is 20.1 Å². The highest BCUT2D eigenvalue weighted by Gasteiger charge is 2.30. The first-order valence-corrected chi connectivity index (χ1v) is 11.2. The normalized spacial score (nSPS) is 15.7. The minimum Gasteiger partial charge on any atom is -0.359 e. The quantitative estimate of drug-likeness (QED) is 0.607. The molecule has 0 radical (unpaired) electrons. The summed E-state index contributed by atoms with van der Waals surface area (Å²) in [4.78, 5) is 26.8. The zero-order valence-electron chi connectivity index (χ0n) is 17.4. The Morgan fingerprint density at radius 1 is 1.35 bits per heavy atom. The first-order chi connectivity index (χ1) is 14.6. The first-order valence-electron chi connectivity index (χ1n) is 9.82. The van der Waals surface area contributed by atoms with Crippen molar-refractivity contribution in [2.45, 2.75) is 43.7 Å². The largest absolute Gasteiger partial charge is 0.359 e. The number of nitrogens with one attached hydrogen (secondary N) is 1. The summed E-state index contributed by atoms with van der Waals surface area (Å²) < 4.78 is 6.87. The molecule has 0 unspecified atom stereocenters. The number of nitrogens with two attached hydrogens (primary N) is 1. The first kappa shape index (κ1) is 21.7. The van der Waals surface area contributed by atoms with E-state index in [2.05, 4.69) is 10.5 Å². The van der Waals surface area contributed by atoms with Crippen LogP contribution in [0.5, 0.6) is 0 Å². The fraction of sp³-hybridized carbons (Fsp3) is 0.318. The summed E-state index contributed by atoms with van der Waals surface area (Å²) in [7, 11) is 0. The van der Waals surface area contributed by atoms with E-state index in [1.807, 2.05) is 32.9 Å². The van der Waals surface area contributed by atoms with Crippen molar-refractivity contribution in [3.05, 3.63) is 74.4 Å². The highest BCUT2D eigenvalue weighted by atomic mass is 35.5. The number of rotatable bonds is 4. The lowest BCUT2D eigenvalue weighted by atomic mass is 9.93. The molecule has 1 aliphatic rings. The van der Waals surface area contributed by atoms with Crippen LogP contribution in [0.1, 0.15) is 54.1 Å². The molecule has 3 N–H and O–H groups in total. The van der Waals surface area contributed by atoms with Gasteiger partial charge in [0.2, 0.25) is 0 Å². The molecule has 31 heavy (non-hydrogen) atoms. The van der Waals surface area contributed by atoms with Gasteiger partial charge in [0, 0.05) is 45.0 Å². The third-order valence-electron chi connectivity index (χ3n) is 5.05. The Bertz CT molecular complexity index is 1190. The molecule has 0 spiro atoms. The summed E-state index contributed by atoms with van der Waals surface area (Å²) in [5.74, 6) is 1.17. The van der Waals surface area contributed by atoms with Gasteiger partial charge in [0.15, 0.2) is 5.82 Å². The van der Waals surface area contributed by atoms with Crippen LogP contribution < -0.4 is 16.6 Å². The molecule has 0 saturated carbocycles. The third kappa shape index (κ3) is 4.42. The van der Waals surface area contributed by atoms with E-state index in [0.717, 1.165) is 5.56 Å². The van der Waals surface area contributed by atoms with E-state index in [9.17, 15) is 9.59 Å². The predicted octanol–water partition coefficient (Wildman–Crippen LogP) is 4.19. The maximum Gasteiger partial charge on any atom is 0.259 e. The second-order valence-electron chi connectivity index (χ2n) is 8.54. The smallest absolute Gasteiger partial charge is 0.259 e. The number of benzene rings is 1. The Morgan fingerprint density at radius 2 is 2.06 bits per heavy atom. The minimum atomic E-state index is -0.420. The molecule has 9 heteroatoms. The van der Waals surface area contributed by atoms with Gasteiger partial charge in [-0.2, -0.15) is 0 Å². The van der Waals surface area contributed by atoms with Crippen LogP contribution >= 0.6 is 23.4 Å². The SMILES string of the molecule is CC(C)(C)c1cc(NC(=O)c2cn(Cc3ccc(Cl)cc3)c(=O)c3c2SC[C@@H]3N)no1. The molecule has 1 aliphatic heterocycles. The van der Waals surface area contributed by atoms with Crippen LogP contribution in [-0.2, 0) is 12.0 Å². The Morgan fingerprint density at radius 3 is 2.71 bits per heavy atom. The summed E-state index contributed by atoms with van der Waals surface area (Å²) in [5, 5.41) is 7.35.